The van der Waals surface area contributed by atoms with Crippen LogP contribution in [0.2, 0.25) is 0 Å². The molecular weight excluding hydrogens is 116 g/mol. The lowest BCUT2D eigenvalue weighted by atomic mass is 10.3. The zero-order valence-electron chi connectivity index (χ0n) is 5.67. The first kappa shape index (κ1) is 6.78. The monoisotopic (exact) mass is 128 g/mol. The van der Waals surface area contributed by atoms with E-state index >= 15 is 0 Å². The highest BCUT2D eigenvalue weighted by Crippen LogP contribution is 2.13. The minimum absolute atomic E-state index is 0.157. The zero-order valence-corrected chi connectivity index (χ0v) is 5.67. The highest BCUT2D eigenvalue weighted by Gasteiger charge is 2.21. The third kappa shape index (κ3) is 1.53. The van der Waals surface area contributed by atoms with Gasteiger partial charge in [-0.05, 0) is 12.5 Å². The Morgan fingerprint density at radius 2 is 2.56 bits per heavy atom. The summed E-state index contributed by atoms with van der Waals surface area (Å²) < 4.78 is 10.5. The van der Waals surface area contributed by atoms with Crippen LogP contribution in [0.1, 0.15) is 13.3 Å². The molecule has 0 N–H and O–H groups in total. The van der Waals surface area contributed by atoms with Gasteiger partial charge >= 0.3 is 0 Å². The Morgan fingerprint density at radius 3 is 2.89 bits per heavy atom. The van der Waals surface area contributed by atoms with Crippen molar-refractivity contribution in [2.45, 2.75) is 25.7 Å². The third-order valence-corrected chi connectivity index (χ3v) is 1.42. The molecule has 0 aromatic heterocycles. The highest BCUT2D eigenvalue weighted by atomic mass is 16.7. The third-order valence-electron chi connectivity index (χ3n) is 1.42. The van der Waals surface area contributed by atoms with Crippen LogP contribution < -0.4 is 0 Å². The fraction of sp³-hybridized carbons (Fsp3) is 0.714. The Labute approximate surface area is 55.5 Å². The van der Waals surface area contributed by atoms with Crippen molar-refractivity contribution in [3.8, 4) is 0 Å². The molecule has 0 bridgehead atoms. The maximum Gasteiger partial charge on any atom is 0.177 e. The van der Waals surface area contributed by atoms with Gasteiger partial charge in [-0.3, -0.25) is 0 Å². The number of rotatable bonds is 2. The maximum atomic E-state index is 5.32. The molecular formula is C7H12O2. The van der Waals surface area contributed by atoms with E-state index in [0.717, 1.165) is 6.42 Å². The molecule has 1 aliphatic rings. The summed E-state index contributed by atoms with van der Waals surface area (Å²) in [4.78, 5) is 0. The first-order valence-electron chi connectivity index (χ1n) is 3.26. The molecule has 52 valence electrons. The lowest BCUT2D eigenvalue weighted by molar-refractivity contribution is -0.0197. The van der Waals surface area contributed by atoms with Crippen LogP contribution in [0, 0.1) is 0 Å². The molecule has 2 nitrogen and oxygen atoms in total. The first-order chi connectivity index (χ1) is 4.36. The summed E-state index contributed by atoms with van der Waals surface area (Å²) >= 11 is 0. The van der Waals surface area contributed by atoms with Gasteiger partial charge in [0.15, 0.2) is 6.29 Å². The molecule has 0 amide bonds. The number of hydrogen-bond donors (Lipinski definition) is 0. The SMILES string of the molecule is C=CC1OCC(CC)O1. The van der Waals surface area contributed by atoms with Crippen molar-refractivity contribution in [3.63, 3.8) is 0 Å². The van der Waals surface area contributed by atoms with E-state index in [2.05, 4.69) is 13.5 Å². The summed E-state index contributed by atoms with van der Waals surface area (Å²) in [6, 6.07) is 0. The Morgan fingerprint density at radius 1 is 1.78 bits per heavy atom. The van der Waals surface area contributed by atoms with E-state index in [4.69, 9.17) is 9.47 Å². The lowest BCUT2D eigenvalue weighted by Gasteiger charge is -2.03. The van der Waals surface area contributed by atoms with E-state index in [9.17, 15) is 0 Å². The molecule has 1 aliphatic heterocycles. The molecule has 1 heterocycles. The van der Waals surface area contributed by atoms with Crippen LogP contribution in [0.5, 0.6) is 0 Å². The van der Waals surface area contributed by atoms with E-state index in [1.54, 1.807) is 6.08 Å². The molecule has 0 saturated carbocycles. The molecule has 0 aliphatic carbocycles. The van der Waals surface area contributed by atoms with Gasteiger partial charge in [-0.2, -0.15) is 0 Å². The highest BCUT2D eigenvalue weighted by molar-refractivity contribution is 4.77. The molecule has 0 spiro atoms. The molecule has 0 aromatic rings. The van der Waals surface area contributed by atoms with Crippen LogP contribution in [0.4, 0.5) is 0 Å². The largest absolute Gasteiger partial charge is 0.346 e. The van der Waals surface area contributed by atoms with Gasteiger partial charge in [0.2, 0.25) is 0 Å². The van der Waals surface area contributed by atoms with E-state index in [1.807, 2.05) is 0 Å². The summed E-state index contributed by atoms with van der Waals surface area (Å²) in [5.41, 5.74) is 0. The second-order valence-corrected chi connectivity index (χ2v) is 2.10. The minimum atomic E-state index is -0.157. The average Bonchev–Trinajstić information content (AvgIpc) is 2.34. The smallest absolute Gasteiger partial charge is 0.177 e. The van der Waals surface area contributed by atoms with Gasteiger partial charge in [0.1, 0.15) is 0 Å². The lowest BCUT2D eigenvalue weighted by Crippen LogP contribution is -2.08. The molecule has 1 rings (SSSR count). The van der Waals surface area contributed by atoms with Crippen LogP contribution in [0.25, 0.3) is 0 Å². The summed E-state index contributed by atoms with van der Waals surface area (Å²) in [7, 11) is 0. The predicted octanol–water partition coefficient (Wildman–Crippen LogP) is 1.32. The second kappa shape index (κ2) is 2.99. The molecule has 2 heteroatoms. The molecule has 0 radical (unpaired) electrons. The summed E-state index contributed by atoms with van der Waals surface area (Å²) in [5.74, 6) is 0. The van der Waals surface area contributed by atoms with Crippen LogP contribution in [0.3, 0.4) is 0 Å². The normalized spacial score (nSPS) is 34.8. The maximum absolute atomic E-state index is 5.32. The van der Waals surface area contributed by atoms with Crippen molar-refractivity contribution >= 4 is 0 Å². The van der Waals surface area contributed by atoms with Crippen molar-refractivity contribution in [1.29, 1.82) is 0 Å². The number of ether oxygens (including phenoxy) is 2. The van der Waals surface area contributed by atoms with Crippen molar-refractivity contribution in [2.24, 2.45) is 0 Å². The predicted molar refractivity (Wildman–Crippen MR) is 35.1 cm³/mol. The molecule has 1 fully saturated rings. The Kier molecular flexibility index (Phi) is 2.25. The standard InChI is InChI=1S/C7H12O2/c1-3-6-5-8-7(4-2)9-6/h4,6-7H,2-3,5H2,1H3. The summed E-state index contributed by atoms with van der Waals surface area (Å²) in [6.07, 6.45) is 2.82. The van der Waals surface area contributed by atoms with Gasteiger partial charge in [0, 0.05) is 0 Å². The summed E-state index contributed by atoms with van der Waals surface area (Å²) in [6.45, 7) is 6.36. The fourth-order valence-corrected chi connectivity index (χ4v) is 0.808. The van der Waals surface area contributed by atoms with E-state index in [1.165, 1.54) is 0 Å². The van der Waals surface area contributed by atoms with Gasteiger partial charge in [-0.1, -0.05) is 13.5 Å². The van der Waals surface area contributed by atoms with Gasteiger partial charge < -0.3 is 9.47 Å². The Balaban J connectivity index is 2.28. The molecule has 1 saturated heterocycles. The fourth-order valence-electron chi connectivity index (χ4n) is 0.808. The quantitative estimate of drug-likeness (QED) is 0.522. The van der Waals surface area contributed by atoms with Crippen LogP contribution in [-0.4, -0.2) is 19.0 Å². The molecule has 0 aromatic carbocycles. The van der Waals surface area contributed by atoms with Gasteiger partial charge in [0.05, 0.1) is 12.7 Å². The van der Waals surface area contributed by atoms with Crippen molar-refractivity contribution in [1.82, 2.24) is 0 Å². The average molecular weight is 128 g/mol. The number of hydrogen-bond acceptors (Lipinski definition) is 2. The minimum Gasteiger partial charge on any atom is -0.346 e. The van der Waals surface area contributed by atoms with Crippen molar-refractivity contribution < 1.29 is 9.47 Å². The van der Waals surface area contributed by atoms with Gasteiger partial charge in [0.25, 0.3) is 0 Å². The van der Waals surface area contributed by atoms with Crippen LogP contribution >= 0.6 is 0 Å². The van der Waals surface area contributed by atoms with E-state index in [-0.39, 0.29) is 12.4 Å². The second-order valence-electron chi connectivity index (χ2n) is 2.10. The summed E-state index contributed by atoms with van der Waals surface area (Å²) in [5, 5.41) is 0. The topological polar surface area (TPSA) is 18.5 Å². The van der Waals surface area contributed by atoms with Crippen molar-refractivity contribution in [3.05, 3.63) is 12.7 Å². The molecule has 2 atom stereocenters. The molecule has 9 heavy (non-hydrogen) atoms. The van der Waals surface area contributed by atoms with Crippen LogP contribution in [0.15, 0.2) is 12.7 Å². The first-order valence-corrected chi connectivity index (χ1v) is 3.26. The van der Waals surface area contributed by atoms with Gasteiger partial charge in [-0.15, -0.1) is 0 Å². The molecule has 2 unspecified atom stereocenters. The Bertz CT molecular complexity index is 101. The van der Waals surface area contributed by atoms with E-state index < -0.39 is 0 Å². The van der Waals surface area contributed by atoms with E-state index in [0.29, 0.717) is 6.61 Å². The zero-order chi connectivity index (χ0) is 6.69. The van der Waals surface area contributed by atoms with Gasteiger partial charge in [-0.25, -0.2) is 0 Å². The Hall–Kier alpha value is -0.340. The van der Waals surface area contributed by atoms with Crippen molar-refractivity contribution in [2.75, 3.05) is 6.61 Å². The van der Waals surface area contributed by atoms with Crippen LogP contribution in [-0.2, 0) is 9.47 Å².